The number of carbonyl (C=O) groups excluding carboxylic acids is 1. The van der Waals surface area contributed by atoms with Crippen LogP contribution in [0, 0.1) is 0 Å². The lowest BCUT2D eigenvalue weighted by atomic mass is 9.99. The number of phenolic OH excluding ortho intramolecular Hbond substituents is 1. The molecular formula is C19H19NO3S. The molecule has 1 saturated heterocycles. The number of fused-ring (bicyclic) bond motifs is 1. The van der Waals surface area contributed by atoms with Gasteiger partial charge in [0, 0.05) is 28.4 Å². The van der Waals surface area contributed by atoms with Crippen LogP contribution in [0.1, 0.15) is 40.7 Å². The van der Waals surface area contributed by atoms with Crippen LogP contribution in [0.25, 0.3) is 11.0 Å². The molecule has 0 spiro atoms. The molecule has 1 aliphatic heterocycles. The first-order valence-electron chi connectivity index (χ1n) is 8.25. The average molecular weight is 341 g/mol. The molecule has 0 bridgehead atoms. The van der Waals surface area contributed by atoms with Crippen molar-refractivity contribution >= 4 is 28.1 Å². The Kier molecular flexibility index (Phi) is 4.12. The van der Waals surface area contributed by atoms with Gasteiger partial charge in [0.1, 0.15) is 17.6 Å². The average Bonchev–Trinajstić information content (AvgIpc) is 3.27. The number of nitrogens with zero attached hydrogens (tertiary/aromatic N) is 1. The van der Waals surface area contributed by atoms with E-state index in [0.29, 0.717) is 23.3 Å². The molecule has 4 rings (SSSR count). The van der Waals surface area contributed by atoms with Gasteiger partial charge in [-0.15, -0.1) is 0 Å². The van der Waals surface area contributed by atoms with Crippen molar-refractivity contribution < 1.29 is 14.3 Å². The first kappa shape index (κ1) is 15.4. The Bertz CT molecular complexity index is 860. The number of phenols is 1. The van der Waals surface area contributed by atoms with Crippen LogP contribution in [0.4, 0.5) is 0 Å². The lowest BCUT2D eigenvalue weighted by Gasteiger charge is -2.27. The Morgan fingerprint density at radius 3 is 2.79 bits per heavy atom. The minimum Gasteiger partial charge on any atom is -0.508 e. The quantitative estimate of drug-likeness (QED) is 0.714. The standard InChI is InChI=1S/C19H19NO3S/c21-16-4-5-17-18(14(16)10-20-7-2-1-3-8-20)15(11-23-17)19(22)13-6-9-24-12-13/h4-6,9,11-12,21H,1-3,7-8,10H2. The number of aromatic hydroxyl groups is 1. The number of hydrogen-bond donors (Lipinski definition) is 1. The van der Waals surface area contributed by atoms with Crippen LogP contribution in [0.5, 0.6) is 5.75 Å². The molecule has 5 heteroatoms. The van der Waals surface area contributed by atoms with Crippen molar-refractivity contribution in [2.24, 2.45) is 0 Å². The summed E-state index contributed by atoms with van der Waals surface area (Å²) in [6.07, 6.45) is 5.15. The highest BCUT2D eigenvalue weighted by molar-refractivity contribution is 7.08. The number of benzene rings is 1. The van der Waals surface area contributed by atoms with Gasteiger partial charge in [0.05, 0.1) is 5.56 Å². The van der Waals surface area contributed by atoms with Gasteiger partial charge < -0.3 is 9.52 Å². The van der Waals surface area contributed by atoms with Crippen molar-refractivity contribution in [1.82, 2.24) is 4.90 Å². The molecule has 1 fully saturated rings. The largest absolute Gasteiger partial charge is 0.508 e. The Labute approximate surface area is 144 Å². The zero-order valence-electron chi connectivity index (χ0n) is 13.3. The van der Waals surface area contributed by atoms with E-state index in [2.05, 4.69) is 4.90 Å². The number of hydrogen-bond acceptors (Lipinski definition) is 5. The Morgan fingerprint density at radius 1 is 1.21 bits per heavy atom. The number of likely N-dealkylation sites (tertiary alicyclic amines) is 1. The van der Waals surface area contributed by atoms with E-state index in [0.717, 1.165) is 24.0 Å². The molecule has 0 radical (unpaired) electrons. The SMILES string of the molecule is O=C(c1ccsc1)c1coc2ccc(O)c(CN3CCCCC3)c12. The summed E-state index contributed by atoms with van der Waals surface area (Å²) in [6.45, 7) is 2.70. The summed E-state index contributed by atoms with van der Waals surface area (Å²) in [5, 5.41) is 14.9. The summed E-state index contributed by atoms with van der Waals surface area (Å²) in [7, 11) is 0. The van der Waals surface area contributed by atoms with E-state index in [1.807, 2.05) is 16.8 Å². The van der Waals surface area contributed by atoms with Crippen molar-refractivity contribution in [2.45, 2.75) is 25.8 Å². The summed E-state index contributed by atoms with van der Waals surface area (Å²) in [5.74, 6) is 0.175. The minimum atomic E-state index is -0.0551. The zero-order valence-corrected chi connectivity index (χ0v) is 14.1. The number of piperidine rings is 1. The van der Waals surface area contributed by atoms with Gasteiger partial charge in [0.2, 0.25) is 0 Å². The molecule has 0 aliphatic carbocycles. The maximum Gasteiger partial charge on any atom is 0.197 e. The number of rotatable bonds is 4. The van der Waals surface area contributed by atoms with Gasteiger partial charge in [0.15, 0.2) is 5.78 Å². The van der Waals surface area contributed by atoms with Crippen molar-refractivity contribution in [3.8, 4) is 5.75 Å². The van der Waals surface area contributed by atoms with Crippen LogP contribution >= 0.6 is 11.3 Å². The van der Waals surface area contributed by atoms with E-state index in [9.17, 15) is 9.90 Å². The van der Waals surface area contributed by atoms with E-state index in [1.54, 1.807) is 12.1 Å². The fourth-order valence-electron chi connectivity index (χ4n) is 3.41. The topological polar surface area (TPSA) is 53.7 Å². The lowest BCUT2D eigenvalue weighted by Crippen LogP contribution is -2.29. The highest BCUT2D eigenvalue weighted by Gasteiger charge is 2.22. The summed E-state index contributed by atoms with van der Waals surface area (Å²) < 4.78 is 5.61. The van der Waals surface area contributed by atoms with Crippen molar-refractivity contribution in [1.29, 1.82) is 0 Å². The molecule has 0 atom stereocenters. The molecular weight excluding hydrogens is 322 g/mol. The molecule has 3 aromatic rings. The van der Waals surface area contributed by atoms with Crippen LogP contribution in [-0.2, 0) is 6.54 Å². The molecule has 0 saturated carbocycles. The third kappa shape index (κ3) is 2.74. The van der Waals surface area contributed by atoms with Crippen LogP contribution in [-0.4, -0.2) is 28.9 Å². The second kappa shape index (κ2) is 6.42. The van der Waals surface area contributed by atoms with Gasteiger partial charge in [0.25, 0.3) is 0 Å². The third-order valence-corrected chi connectivity index (χ3v) is 5.36. The van der Waals surface area contributed by atoms with E-state index in [4.69, 9.17) is 4.42 Å². The smallest absolute Gasteiger partial charge is 0.197 e. The fraction of sp³-hybridized carbons (Fsp3) is 0.316. The van der Waals surface area contributed by atoms with Gasteiger partial charge in [-0.3, -0.25) is 9.69 Å². The van der Waals surface area contributed by atoms with Gasteiger partial charge in [-0.05, 0) is 49.5 Å². The van der Waals surface area contributed by atoms with Gasteiger partial charge in [-0.2, -0.15) is 11.3 Å². The summed E-state index contributed by atoms with van der Waals surface area (Å²) in [5.41, 5.74) is 2.64. The molecule has 1 N–H and O–H groups in total. The monoisotopic (exact) mass is 341 g/mol. The number of thiophene rings is 1. The van der Waals surface area contributed by atoms with Crippen molar-refractivity contribution in [3.63, 3.8) is 0 Å². The van der Waals surface area contributed by atoms with Crippen LogP contribution < -0.4 is 0 Å². The second-order valence-corrected chi connectivity index (χ2v) is 7.04. The molecule has 1 aliphatic rings. The van der Waals surface area contributed by atoms with Gasteiger partial charge >= 0.3 is 0 Å². The van der Waals surface area contributed by atoms with Crippen LogP contribution in [0.15, 0.2) is 39.6 Å². The molecule has 4 nitrogen and oxygen atoms in total. The van der Waals surface area contributed by atoms with Gasteiger partial charge in [-0.1, -0.05) is 6.42 Å². The summed E-state index contributed by atoms with van der Waals surface area (Å²) >= 11 is 1.50. The third-order valence-electron chi connectivity index (χ3n) is 4.68. The van der Waals surface area contributed by atoms with E-state index < -0.39 is 0 Å². The molecule has 2 aromatic heterocycles. The molecule has 24 heavy (non-hydrogen) atoms. The Hall–Kier alpha value is -2.11. The maximum absolute atomic E-state index is 12.8. The molecule has 0 unspecified atom stereocenters. The van der Waals surface area contributed by atoms with Gasteiger partial charge in [-0.25, -0.2) is 0 Å². The summed E-state index contributed by atoms with van der Waals surface area (Å²) in [6, 6.07) is 5.21. The van der Waals surface area contributed by atoms with E-state index in [1.165, 1.54) is 36.9 Å². The normalized spacial score (nSPS) is 15.8. The van der Waals surface area contributed by atoms with E-state index in [-0.39, 0.29) is 11.5 Å². The zero-order chi connectivity index (χ0) is 16.5. The first-order chi connectivity index (χ1) is 11.7. The Morgan fingerprint density at radius 2 is 2.04 bits per heavy atom. The highest BCUT2D eigenvalue weighted by atomic mass is 32.1. The van der Waals surface area contributed by atoms with Crippen molar-refractivity contribution in [2.75, 3.05) is 13.1 Å². The van der Waals surface area contributed by atoms with Crippen LogP contribution in [0.3, 0.4) is 0 Å². The summed E-state index contributed by atoms with van der Waals surface area (Å²) in [4.78, 5) is 15.1. The highest BCUT2D eigenvalue weighted by Crippen LogP contribution is 2.34. The predicted octanol–water partition coefficient (Wildman–Crippen LogP) is 4.42. The fourth-order valence-corrected chi connectivity index (χ4v) is 4.04. The number of furan rings is 1. The minimum absolute atomic E-state index is 0.0551. The number of ketones is 1. The number of carbonyl (C=O) groups is 1. The van der Waals surface area contributed by atoms with E-state index >= 15 is 0 Å². The predicted molar refractivity (Wildman–Crippen MR) is 94.8 cm³/mol. The molecule has 3 heterocycles. The second-order valence-electron chi connectivity index (χ2n) is 6.26. The lowest BCUT2D eigenvalue weighted by molar-refractivity contribution is 0.104. The van der Waals surface area contributed by atoms with Crippen molar-refractivity contribution in [3.05, 3.63) is 51.9 Å². The Balaban J connectivity index is 1.78. The van der Waals surface area contributed by atoms with Crippen LogP contribution in [0.2, 0.25) is 0 Å². The first-order valence-corrected chi connectivity index (χ1v) is 9.19. The molecule has 0 amide bonds. The maximum atomic E-state index is 12.8. The molecule has 124 valence electrons. The molecule has 1 aromatic carbocycles.